The SMILES string of the molecule is N#CC(Cc1ccc(C#Cc2ccc(CN3CCOCC3)cc2)cc1)n1cncc(O)c1=O. The zero-order valence-corrected chi connectivity index (χ0v) is 18.1. The second kappa shape index (κ2) is 10.6. The van der Waals surface area contributed by atoms with E-state index in [1.54, 1.807) is 0 Å². The first kappa shape index (κ1) is 22.3. The minimum Gasteiger partial charge on any atom is -0.502 e. The van der Waals surface area contributed by atoms with Gasteiger partial charge in [0, 0.05) is 37.2 Å². The molecule has 3 aromatic rings. The topological polar surface area (TPSA) is 91.4 Å². The Labute approximate surface area is 192 Å². The maximum atomic E-state index is 12.1. The van der Waals surface area contributed by atoms with E-state index in [1.807, 2.05) is 36.4 Å². The van der Waals surface area contributed by atoms with Gasteiger partial charge in [0.05, 0.1) is 31.8 Å². The van der Waals surface area contributed by atoms with E-state index < -0.39 is 17.4 Å². The lowest BCUT2D eigenvalue weighted by Gasteiger charge is -2.26. The first-order valence-electron chi connectivity index (χ1n) is 10.8. The Bertz CT molecular complexity index is 1240. The molecule has 0 radical (unpaired) electrons. The van der Waals surface area contributed by atoms with Crippen LogP contribution in [0.1, 0.15) is 28.3 Å². The first-order chi connectivity index (χ1) is 16.1. The number of nitrogens with zero attached hydrogens (tertiary/aromatic N) is 4. The van der Waals surface area contributed by atoms with E-state index >= 15 is 0 Å². The average molecular weight is 441 g/mol. The van der Waals surface area contributed by atoms with Gasteiger partial charge in [0.1, 0.15) is 6.04 Å². The average Bonchev–Trinajstić information content (AvgIpc) is 2.85. The molecule has 1 aliphatic rings. The molecule has 166 valence electrons. The molecule has 0 saturated carbocycles. The van der Waals surface area contributed by atoms with Gasteiger partial charge in [0.15, 0.2) is 5.75 Å². The fourth-order valence-electron chi connectivity index (χ4n) is 3.65. The smallest absolute Gasteiger partial charge is 0.296 e. The van der Waals surface area contributed by atoms with Crippen molar-refractivity contribution in [1.29, 1.82) is 5.26 Å². The summed E-state index contributed by atoms with van der Waals surface area (Å²) in [5, 5.41) is 19.0. The Balaban J connectivity index is 1.38. The molecule has 1 atom stereocenters. The Morgan fingerprint density at radius 3 is 2.21 bits per heavy atom. The van der Waals surface area contributed by atoms with E-state index in [4.69, 9.17) is 4.74 Å². The Morgan fingerprint density at radius 1 is 1.00 bits per heavy atom. The summed E-state index contributed by atoms with van der Waals surface area (Å²) in [7, 11) is 0. The van der Waals surface area contributed by atoms with Crippen LogP contribution in [0.25, 0.3) is 0 Å². The van der Waals surface area contributed by atoms with E-state index in [9.17, 15) is 15.2 Å². The van der Waals surface area contributed by atoms with E-state index in [0.29, 0.717) is 6.42 Å². The third-order valence-electron chi connectivity index (χ3n) is 5.52. The summed E-state index contributed by atoms with van der Waals surface area (Å²) in [4.78, 5) is 18.2. The Hall–Kier alpha value is -3.91. The molecule has 1 aromatic heterocycles. The van der Waals surface area contributed by atoms with Crippen LogP contribution in [0.5, 0.6) is 5.75 Å². The van der Waals surface area contributed by atoms with E-state index in [1.165, 1.54) is 11.9 Å². The number of aromatic hydroxyl groups is 1. The van der Waals surface area contributed by atoms with Crippen LogP contribution in [0.2, 0.25) is 0 Å². The highest BCUT2D eigenvalue weighted by Gasteiger charge is 2.14. The molecule has 0 aliphatic carbocycles. The minimum absolute atomic E-state index is 0.319. The van der Waals surface area contributed by atoms with Crippen molar-refractivity contribution in [2.45, 2.75) is 19.0 Å². The Morgan fingerprint density at radius 2 is 1.61 bits per heavy atom. The number of nitriles is 1. The van der Waals surface area contributed by atoms with Gasteiger partial charge in [-0.3, -0.25) is 14.3 Å². The van der Waals surface area contributed by atoms with Crippen molar-refractivity contribution in [1.82, 2.24) is 14.5 Å². The van der Waals surface area contributed by atoms with Gasteiger partial charge < -0.3 is 9.84 Å². The van der Waals surface area contributed by atoms with Crippen molar-refractivity contribution < 1.29 is 9.84 Å². The lowest BCUT2D eigenvalue weighted by Crippen LogP contribution is -2.35. The third-order valence-corrected chi connectivity index (χ3v) is 5.52. The van der Waals surface area contributed by atoms with E-state index in [0.717, 1.165) is 60.3 Å². The normalized spacial score (nSPS) is 14.6. The molecule has 1 unspecified atom stereocenters. The number of rotatable bonds is 5. The summed E-state index contributed by atoms with van der Waals surface area (Å²) >= 11 is 0. The Kier molecular flexibility index (Phi) is 7.16. The van der Waals surface area contributed by atoms with Crippen LogP contribution in [0.15, 0.2) is 65.8 Å². The zero-order chi connectivity index (χ0) is 23.0. The molecule has 1 fully saturated rings. The number of hydrogen-bond donors (Lipinski definition) is 1. The summed E-state index contributed by atoms with van der Waals surface area (Å²) in [5.41, 5.74) is 3.33. The van der Waals surface area contributed by atoms with Gasteiger partial charge >= 0.3 is 0 Å². The third kappa shape index (κ3) is 5.87. The lowest BCUT2D eigenvalue weighted by molar-refractivity contribution is 0.0342. The van der Waals surface area contributed by atoms with Crippen molar-refractivity contribution in [2.24, 2.45) is 0 Å². The van der Waals surface area contributed by atoms with Gasteiger partial charge in [-0.2, -0.15) is 5.26 Å². The predicted octanol–water partition coefficient (Wildman–Crippen LogP) is 2.49. The quantitative estimate of drug-likeness (QED) is 0.613. The van der Waals surface area contributed by atoms with Crippen LogP contribution in [-0.2, 0) is 17.7 Å². The van der Waals surface area contributed by atoms with Crippen LogP contribution in [0.4, 0.5) is 0 Å². The van der Waals surface area contributed by atoms with E-state index in [2.05, 4.69) is 39.9 Å². The number of morpholine rings is 1. The van der Waals surface area contributed by atoms with Gasteiger partial charge in [-0.1, -0.05) is 36.1 Å². The molecule has 0 bridgehead atoms. The molecule has 0 amide bonds. The van der Waals surface area contributed by atoms with Crippen molar-refractivity contribution in [3.8, 4) is 23.7 Å². The number of hydrogen-bond acceptors (Lipinski definition) is 6. The standard InChI is InChI=1S/C26H24N4O3/c27-16-24(30-19-28-17-25(31)26(30)32)15-22-7-3-20(4-8-22)1-2-21-5-9-23(10-6-21)18-29-11-13-33-14-12-29/h3-10,17,19,24,31H,11-15,18H2. The summed E-state index contributed by atoms with van der Waals surface area (Å²) in [5.74, 6) is 5.88. The second-order valence-electron chi connectivity index (χ2n) is 7.87. The number of benzene rings is 2. The molecular formula is C26H24N4O3. The molecule has 33 heavy (non-hydrogen) atoms. The molecule has 1 saturated heterocycles. The summed E-state index contributed by atoms with van der Waals surface area (Å²) in [6.07, 6.45) is 2.65. The van der Waals surface area contributed by atoms with Crippen LogP contribution >= 0.6 is 0 Å². The second-order valence-corrected chi connectivity index (χ2v) is 7.87. The van der Waals surface area contributed by atoms with Crippen LogP contribution in [0, 0.1) is 23.2 Å². The molecule has 0 spiro atoms. The van der Waals surface area contributed by atoms with Crippen LogP contribution < -0.4 is 5.56 Å². The lowest BCUT2D eigenvalue weighted by atomic mass is 10.0. The maximum Gasteiger partial charge on any atom is 0.296 e. The van der Waals surface area contributed by atoms with Gasteiger partial charge in [0.25, 0.3) is 5.56 Å². The zero-order valence-electron chi connectivity index (χ0n) is 18.1. The highest BCUT2D eigenvalue weighted by molar-refractivity contribution is 5.44. The molecule has 1 N–H and O–H groups in total. The van der Waals surface area contributed by atoms with E-state index in [-0.39, 0.29) is 0 Å². The number of ether oxygens (including phenoxy) is 1. The van der Waals surface area contributed by atoms with Gasteiger partial charge in [-0.15, -0.1) is 0 Å². The van der Waals surface area contributed by atoms with Crippen molar-refractivity contribution in [3.63, 3.8) is 0 Å². The fraction of sp³-hybridized carbons (Fsp3) is 0.269. The van der Waals surface area contributed by atoms with Gasteiger partial charge in [-0.05, 0) is 35.4 Å². The summed E-state index contributed by atoms with van der Waals surface area (Å²) in [6, 6.07) is 17.2. The molecular weight excluding hydrogens is 416 g/mol. The molecule has 7 nitrogen and oxygen atoms in total. The van der Waals surface area contributed by atoms with Crippen molar-refractivity contribution in [3.05, 3.63) is 93.7 Å². The summed E-state index contributed by atoms with van der Waals surface area (Å²) < 4.78 is 6.54. The molecule has 2 aromatic carbocycles. The van der Waals surface area contributed by atoms with Gasteiger partial charge in [-0.25, -0.2) is 4.98 Å². The first-order valence-corrected chi connectivity index (χ1v) is 10.8. The van der Waals surface area contributed by atoms with Crippen molar-refractivity contribution in [2.75, 3.05) is 26.3 Å². The predicted molar refractivity (Wildman–Crippen MR) is 123 cm³/mol. The largest absolute Gasteiger partial charge is 0.502 e. The molecule has 7 heteroatoms. The molecule has 1 aliphatic heterocycles. The fourth-order valence-corrected chi connectivity index (χ4v) is 3.65. The highest BCUT2D eigenvalue weighted by atomic mass is 16.5. The highest BCUT2D eigenvalue weighted by Crippen LogP contribution is 2.14. The monoisotopic (exact) mass is 440 g/mol. The van der Waals surface area contributed by atoms with Crippen molar-refractivity contribution >= 4 is 0 Å². The van der Waals surface area contributed by atoms with Gasteiger partial charge in [0.2, 0.25) is 0 Å². The van der Waals surface area contributed by atoms with Crippen LogP contribution in [-0.4, -0.2) is 45.9 Å². The number of aromatic nitrogens is 2. The molecule has 4 rings (SSSR count). The molecule has 2 heterocycles. The van der Waals surface area contributed by atoms with Crippen LogP contribution in [0.3, 0.4) is 0 Å². The maximum absolute atomic E-state index is 12.1. The summed E-state index contributed by atoms with van der Waals surface area (Å²) in [6.45, 7) is 4.45. The minimum atomic E-state index is -0.759.